The molecule has 90 valence electrons. The van der Waals surface area contributed by atoms with Crippen molar-refractivity contribution in [3.8, 4) is 0 Å². The number of hydrogen-bond donors (Lipinski definition) is 1. The largest absolute Gasteiger partial charge is 0.356 e. The lowest BCUT2D eigenvalue weighted by Crippen LogP contribution is -2.25. The molecule has 1 aromatic carbocycles. The molecule has 0 spiro atoms. The van der Waals surface area contributed by atoms with E-state index in [1.165, 1.54) is 0 Å². The van der Waals surface area contributed by atoms with E-state index >= 15 is 0 Å². The van der Waals surface area contributed by atoms with E-state index < -0.39 is 0 Å². The van der Waals surface area contributed by atoms with Gasteiger partial charge in [0.05, 0.1) is 16.6 Å². The number of aromatic nitrogens is 1. The molecule has 1 heterocycles. The zero-order valence-electron chi connectivity index (χ0n) is 9.90. The Hall–Kier alpha value is -1.42. The minimum absolute atomic E-state index is 0.0671. The van der Waals surface area contributed by atoms with Crippen molar-refractivity contribution in [1.29, 1.82) is 0 Å². The van der Waals surface area contributed by atoms with Crippen LogP contribution in [-0.2, 0) is 11.2 Å². The average Bonchev–Trinajstić information content (AvgIpc) is 2.71. The Bertz CT molecular complexity index is 474. The molecule has 0 aliphatic heterocycles. The molecule has 4 heteroatoms. The minimum atomic E-state index is 0.0671. The fraction of sp³-hybridized carbons (Fsp3) is 0.385. The van der Waals surface area contributed by atoms with Crippen LogP contribution in [0.25, 0.3) is 10.2 Å². The molecule has 0 unspecified atom stereocenters. The van der Waals surface area contributed by atoms with Crippen LogP contribution in [0.5, 0.6) is 0 Å². The van der Waals surface area contributed by atoms with Crippen LogP contribution in [0.1, 0.15) is 24.8 Å². The number of nitrogens with one attached hydrogen (secondary N) is 1. The summed E-state index contributed by atoms with van der Waals surface area (Å²) in [6, 6.07) is 7.97. The minimum Gasteiger partial charge on any atom is -0.356 e. The van der Waals surface area contributed by atoms with Crippen LogP contribution in [0.2, 0.25) is 0 Å². The maximum atomic E-state index is 11.6. The molecule has 0 atom stereocenters. The molecule has 17 heavy (non-hydrogen) atoms. The lowest BCUT2D eigenvalue weighted by molar-refractivity contribution is -0.120. The summed E-state index contributed by atoms with van der Waals surface area (Å²) >= 11 is 1.59. The highest BCUT2D eigenvalue weighted by Gasteiger charge is 2.07. The van der Waals surface area contributed by atoms with Crippen molar-refractivity contribution in [2.75, 3.05) is 6.54 Å². The normalized spacial score (nSPS) is 10.6. The van der Waals surface area contributed by atoms with Crippen molar-refractivity contribution in [3.63, 3.8) is 0 Å². The summed E-state index contributed by atoms with van der Waals surface area (Å²) in [6.07, 6.45) is 2.52. The molecular formula is C13H16N2OS. The van der Waals surface area contributed by atoms with Gasteiger partial charge < -0.3 is 5.32 Å². The van der Waals surface area contributed by atoms with Crippen molar-refractivity contribution in [3.05, 3.63) is 29.3 Å². The third kappa shape index (κ3) is 3.27. The summed E-state index contributed by atoms with van der Waals surface area (Å²) in [5.74, 6) is 0.0671. The van der Waals surface area contributed by atoms with Crippen LogP contribution in [0, 0.1) is 0 Å². The second-order valence-electron chi connectivity index (χ2n) is 3.96. The van der Waals surface area contributed by atoms with E-state index in [-0.39, 0.29) is 5.91 Å². The van der Waals surface area contributed by atoms with Crippen molar-refractivity contribution in [1.82, 2.24) is 10.3 Å². The van der Waals surface area contributed by atoms with Gasteiger partial charge in [-0.2, -0.15) is 0 Å². The predicted molar refractivity (Wildman–Crippen MR) is 71.2 cm³/mol. The predicted octanol–water partition coefficient (Wildman–Crippen LogP) is 2.76. The van der Waals surface area contributed by atoms with Crippen LogP contribution >= 0.6 is 11.3 Å². The molecule has 0 radical (unpaired) electrons. The average molecular weight is 248 g/mol. The first-order valence-corrected chi connectivity index (χ1v) is 6.72. The van der Waals surface area contributed by atoms with Gasteiger partial charge in [0.15, 0.2) is 0 Å². The molecule has 0 saturated carbocycles. The first kappa shape index (κ1) is 12.0. The Labute approximate surface area is 105 Å². The van der Waals surface area contributed by atoms with Gasteiger partial charge in [-0.15, -0.1) is 11.3 Å². The quantitative estimate of drug-likeness (QED) is 0.827. The van der Waals surface area contributed by atoms with Crippen molar-refractivity contribution < 1.29 is 4.79 Å². The maximum Gasteiger partial charge on any atom is 0.226 e. The smallest absolute Gasteiger partial charge is 0.226 e. The fourth-order valence-corrected chi connectivity index (χ4v) is 2.57. The third-order valence-corrected chi connectivity index (χ3v) is 3.54. The molecule has 1 N–H and O–H groups in total. The van der Waals surface area contributed by atoms with E-state index in [1.807, 2.05) is 24.3 Å². The summed E-state index contributed by atoms with van der Waals surface area (Å²) in [6.45, 7) is 2.87. The van der Waals surface area contributed by atoms with E-state index in [9.17, 15) is 4.79 Å². The number of nitrogens with zero attached hydrogens (tertiary/aromatic N) is 1. The number of thiazole rings is 1. The molecule has 0 saturated heterocycles. The highest BCUT2D eigenvalue weighted by molar-refractivity contribution is 7.18. The first-order chi connectivity index (χ1) is 8.29. The first-order valence-electron chi connectivity index (χ1n) is 5.90. The summed E-state index contributed by atoms with van der Waals surface area (Å²) in [5, 5.41) is 3.79. The molecule has 3 nitrogen and oxygen atoms in total. The number of carbonyl (C=O) groups excluding carboxylic acids is 1. The second kappa shape index (κ2) is 5.77. The van der Waals surface area contributed by atoms with E-state index in [2.05, 4.69) is 17.2 Å². The lowest BCUT2D eigenvalue weighted by atomic mass is 10.3. The van der Waals surface area contributed by atoms with Crippen LogP contribution in [0.4, 0.5) is 0 Å². The summed E-state index contributed by atoms with van der Waals surface area (Å²) in [5.41, 5.74) is 0.980. The van der Waals surface area contributed by atoms with Gasteiger partial charge in [-0.05, 0) is 18.6 Å². The van der Waals surface area contributed by atoms with Crippen molar-refractivity contribution >= 4 is 27.5 Å². The van der Waals surface area contributed by atoms with Gasteiger partial charge in [-0.25, -0.2) is 4.98 Å². The maximum absolute atomic E-state index is 11.6. The molecule has 0 fully saturated rings. The summed E-state index contributed by atoms with van der Waals surface area (Å²) < 4.78 is 1.14. The van der Waals surface area contributed by atoms with E-state index in [1.54, 1.807) is 11.3 Å². The molecule has 1 aromatic heterocycles. The number of amides is 1. The topological polar surface area (TPSA) is 42.0 Å². The Morgan fingerprint density at radius 1 is 1.41 bits per heavy atom. The second-order valence-corrected chi connectivity index (χ2v) is 5.07. The van der Waals surface area contributed by atoms with Gasteiger partial charge in [-0.1, -0.05) is 25.5 Å². The van der Waals surface area contributed by atoms with Crippen molar-refractivity contribution in [2.45, 2.75) is 26.2 Å². The molecule has 2 aromatic rings. The number of hydrogen-bond acceptors (Lipinski definition) is 3. The highest BCUT2D eigenvalue weighted by atomic mass is 32.1. The fourth-order valence-electron chi connectivity index (χ4n) is 1.60. The zero-order valence-corrected chi connectivity index (χ0v) is 10.7. The van der Waals surface area contributed by atoms with Crippen molar-refractivity contribution in [2.24, 2.45) is 0 Å². The lowest BCUT2D eigenvalue weighted by Gasteiger charge is -2.01. The van der Waals surface area contributed by atoms with Crippen LogP contribution in [0.15, 0.2) is 24.3 Å². The Kier molecular flexibility index (Phi) is 4.09. The van der Waals surface area contributed by atoms with Gasteiger partial charge in [0.25, 0.3) is 0 Å². The number of unbranched alkanes of at least 4 members (excludes halogenated alkanes) is 1. The number of rotatable bonds is 5. The Balaban J connectivity index is 1.96. The van der Waals surface area contributed by atoms with Gasteiger partial charge in [0.2, 0.25) is 5.91 Å². The molecule has 2 rings (SSSR count). The number of para-hydroxylation sites is 1. The monoisotopic (exact) mass is 248 g/mol. The molecule has 0 aliphatic carbocycles. The zero-order chi connectivity index (χ0) is 12.1. The van der Waals surface area contributed by atoms with E-state index in [0.717, 1.165) is 34.6 Å². The summed E-state index contributed by atoms with van der Waals surface area (Å²) in [4.78, 5) is 16.1. The van der Waals surface area contributed by atoms with Gasteiger partial charge in [-0.3, -0.25) is 4.79 Å². The molecular weight excluding hydrogens is 232 g/mol. The molecule has 1 amide bonds. The third-order valence-electron chi connectivity index (χ3n) is 2.50. The van der Waals surface area contributed by atoms with Crippen LogP contribution in [0.3, 0.4) is 0 Å². The van der Waals surface area contributed by atoms with Gasteiger partial charge in [0.1, 0.15) is 5.01 Å². The van der Waals surface area contributed by atoms with Gasteiger partial charge in [0, 0.05) is 6.54 Å². The van der Waals surface area contributed by atoms with Crippen LogP contribution < -0.4 is 5.32 Å². The number of benzene rings is 1. The van der Waals surface area contributed by atoms with Crippen LogP contribution in [-0.4, -0.2) is 17.4 Å². The number of carbonyl (C=O) groups is 1. The van der Waals surface area contributed by atoms with E-state index in [0.29, 0.717) is 6.42 Å². The number of fused-ring (bicyclic) bond motifs is 1. The Morgan fingerprint density at radius 3 is 3.00 bits per heavy atom. The van der Waals surface area contributed by atoms with Gasteiger partial charge >= 0.3 is 0 Å². The highest BCUT2D eigenvalue weighted by Crippen LogP contribution is 2.21. The molecule has 0 aliphatic rings. The van der Waals surface area contributed by atoms with E-state index in [4.69, 9.17) is 0 Å². The summed E-state index contributed by atoms with van der Waals surface area (Å²) in [7, 11) is 0. The standard InChI is InChI=1S/C13H16N2OS/c1-2-3-8-14-12(16)9-13-15-10-6-4-5-7-11(10)17-13/h4-7H,2-3,8-9H2,1H3,(H,14,16). The Morgan fingerprint density at radius 2 is 2.24 bits per heavy atom. The molecule has 0 bridgehead atoms. The SMILES string of the molecule is CCCCNC(=O)Cc1nc2ccccc2s1.